The average molecular weight is 411 g/mol. The number of aliphatic hydroxyl groups excluding tert-OH is 2. The second kappa shape index (κ2) is 12.1. The van der Waals surface area contributed by atoms with Gasteiger partial charge >= 0.3 is 0 Å². The van der Waals surface area contributed by atoms with Crippen molar-refractivity contribution in [2.45, 2.75) is 26.7 Å². The van der Waals surface area contributed by atoms with Crippen LogP contribution in [-0.4, -0.2) is 87.1 Å². The zero-order chi connectivity index (χ0) is 19.5. The minimum atomic E-state index is 0.111. The molecule has 0 bridgehead atoms. The first-order valence-corrected chi connectivity index (χ1v) is 12.2. The van der Waals surface area contributed by atoms with E-state index < -0.39 is 0 Å². The van der Waals surface area contributed by atoms with E-state index in [1.165, 1.54) is 12.2 Å². The Kier molecular flexibility index (Phi) is 11.5. The predicted octanol–water partition coefficient (Wildman–Crippen LogP) is 2.54. The van der Waals surface area contributed by atoms with Gasteiger partial charge in [-0.15, -0.1) is 0 Å². The Morgan fingerprint density at radius 1 is 0.654 bits per heavy atom. The first-order valence-electron chi connectivity index (χ1n) is 9.42. The molecular weight excluding hydrogens is 372 g/mol. The minimum Gasteiger partial charge on any atom is -0.396 e. The van der Waals surface area contributed by atoms with Crippen LogP contribution in [0.25, 0.3) is 0 Å². The van der Waals surface area contributed by atoms with Crippen LogP contribution in [0.15, 0.2) is 0 Å². The maximum atomic E-state index is 8.87. The normalized spacial score (nSPS) is 23.8. The van der Waals surface area contributed by atoms with Gasteiger partial charge in [0.25, 0.3) is 0 Å². The van der Waals surface area contributed by atoms with Gasteiger partial charge in [0.1, 0.15) is 0 Å². The smallest absolute Gasteiger partial charge is 0.0575 e. The average Bonchev–Trinajstić information content (AvgIpc) is 2.56. The van der Waals surface area contributed by atoms with Crippen molar-refractivity contribution in [1.29, 1.82) is 0 Å². The third kappa shape index (κ3) is 6.83. The maximum absolute atomic E-state index is 8.87. The zero-order valence-corrected chi connectivity index (χ0v) is 18.6. The third-order valence-corrected chi connectivity index (χ3v) is 7.32. The fourth-order valence-electron chi connectivity index (χ4n) is 2.80. The molecule has 5 nitrogen and oxygen atoms in total. The van der Waals surface area contributed by atoms with E-state index in [1.54, 1.807) is 11.8 Å². The summed E-state index contributed by atoms with van der Waals surface area (Å²) in [6, 6.07) is 0. The van der Waals surface area contributed by atoms with Crippen LogP contribution in [0.4, 0.5) is 0 Å². The first-order chi connectivity index (χ1) is 12.5. The molecular formula is C19H38O5S2. The third-order valence-electron chi connectivity index (χ3n) is 5.52. The van der Waals surface area contributed by atoms with Crippen molar-refractivity contribution in [3.8, 4) is 0 Å². The zero-order valence-electron chi connectivity index (χ0n) is 16.9. The molecule has 156 valence electrons. The van der Waals surface area contributed by atoms with E-state index >= 15 is 0 Å². The van der Waals surface area contributed by atoms with Crippen molar-refractivity contribution in [1.82, 2.24) is 0 Å². The Morgan fingerprint density at radius 2 is 1.00 bits per heavy atom. The number of aliphatic hydroxyl groups is 2. The standard InChI is InChI=1S/C7H14OS.C6H12O2S.C6H12O2/c1-3-7(6-9-2)4-8-5-7;1-9-5-6(2-7)3-8-4-6;1-2-6(3-7)4-8-5-6/h3-6H2,1-2H3;7H,2-5H2,1H3;7H,2-5H2,1H3. The molecule has 0 aromatic carbocycles. The molecule has 0 amide bonds. The molecule has 0 spiro atoms. The summed E-state index contributed by atoms with van der Waals surface area (Å²) in [6.07, 6.45) is 6.52. The van der Waals surface area contributed by atoms with Crippen LogP contribution < -0.4 is 0 Å². The van der Waals surface area contributed by atoms with Crippen LogP contribution in [-0.2, 0) is 14.2 Å². The van der Waals surface area contributed by atoms with Crippen LogP contribution in [0.1, 0.15) is 26.7 Å². The molecule has 0 radical (unpaired) electrons. The van der Waals surface area contributed by atoms with Crippen molar-refractivity contribution < 1.29 is 24.4 Å². The number of hydrogen-bond donors (Lipinski definition) is 2. The fourth-order valence-corrected chi connectivity index (χ4v) is 4.66. The fraction of sp³-hybridized carbons (Fsp3) is 1.00. The quantitative estimate of drug-likeness (QED) is 0.637. The lowest BCUT2D eigenvalue weighted by atomic mass is 9.84. The second-order valence-electron chi connectivity index (χ2n) is 7.87. The lowest BCUT2D eigenvalue weighted by molar-refractivity contribution is -0.138. The summed E-state index contributed by atoms with van der Waals surface area (Å²) >= 11 is 3.70. The summed E-state index contributed by atoms with van der Waals surface area (Å²) in [6.45, 7) is 9.85. The van der Waals surface area contributed by atoms with E-state index in [0.29, 0.717) is 5.41 Å². The molecule has 2 N–H and O–H groups in total. The molecule has 3 aliphatic heterocycles. The van der Waals surface area contributed by atoms with Gasteiger partial charge < -0.3 is 24.4 Å². The molecule has 3 saturated heterocycles. The second-order valence-corrected chi connectivity index (χ2v) is 9.60. The molecule has 7 heteroatoms. The van der Waals surface area contributed by atoms with Crippen LogP contribution >= 0.6 is 23.5 Å². The van der Waals surface area contributed by atoms with Gasteiger partial charge in [0.05, 0.1) is 52.9 Å². The lowest BCUT2D eigenvalue weighted by Crippen LogP contribution is -2.47. The van der Waals surface area contributed by atoms with Gasteiger partial charge in [0, 0.05) is 27.8 Å². The van der Waals surface area contributed by atoms with Crippen molar-refractivity contribution in [3.63, 3.8) is 0 Å². The highest BCUT2D eigenvalue weighted by molar-refractivity contribution is 7.98. The Labute approximate surface area is 167 Å². The van der Waals surface area contributed by atoms with Gasteiger partial charge in [0.2, 0.25) is 0 Å². The van der Waals surface area contributed by atoms with Crippen LogP contribution in [0.5, 0.6) is 0 Å². The molecule has 3 fully saturated rings. The SMILES string of the molecule is CCC1(CO)COC1.CCC1(CSC)COC1.CSCC1(CO)COC1. The highest BCUT2D eigenvalue weighted by Crippen LogP contribution is 2.34. The number of thioether (sulfide) groups is 2. The van der Waals surface area contributed by atoms with Gasteiger partial charge in [-0.3, -0.25) is 0 Å². The van der Waals surface area contributed by atoms with Gasteiger partial charge in [-0.05, 0) is 25.4 Å². The van der Waals surface area contributed by atoms with Crippen molar-refractivity contribution in [3.05, 3.63) is 0 Å². The number of ether oxygens (including phenoxy) is 3. The Bertz CT molecular complexity index is 320. The van der Waals surface area contributed by atoms with Crippen LogP contribution in [0.3, 0.4) is 0 Å². The molecule has 0 aromatic heterocycles. The molecule has 0 atom stereocenters. The Balaban J connectivity index is 0.000000195. The Morgan fingerprint density at radius 3 is 1.08 bits per heavy atom. The monoisotopic (exact) mass is 410 g/mol. The molecule has 26 heavy (non-hydrogen) atoms. The maximum Gasteiger partial charge on any atom is 0.0575 e. The van der Waals surface area contributed by atoms with Gasteiger partial charge in [0.15, 0.2) is 0 Å². The summed E-state index contributed by atoms with van der Waals surface area (Å²) in [7, 11) is 0. The van der Waals surface area contributed by atoms with Gasteiger partial charge in [-0.1, -0.05) is 13.8 Å². The molecule has 3 aliphatic rings. The first kappa shape index (κ1) is 24.5. The highest BCUT2D eigenvalue weighted by atomic mass is 32.2. The summed E-state index contributed by atoms with van der Waals surface area (Å²) in [5, 5.41) is 17.6. The highest BCUT2D eigenvalue weighted by Gasteiger charge is 2.37. The van der Waals surface area contributed by atoms with E-state index in [1.807, 2.05) is 11.8 Å². The van der Waals surface area contributed by atoms with E-state index in [9.17, 15) is 0 Å². The summed E-state index contributed by atoms with van der Waals surface area (Å²) in [4.78, 5) is 0. The van der Waals surface area contributed by atoms with Crippen LogP contribution in [0, 0.1) is 16.2 Å². The largest absolute Gasteiger partial charge is 0.396 e. The number of rotatable bonds is 8. The van der Waals surface area contributed by atoms with E-state index in [4.69, 9.17) is 24.4 Å². The molecule has 0 aliphatic carbocycles. The van der Waals surface area contributed by atoms with Gasteiger partial charge in [-0.2, -0.15) is 23.5 Å². The molecule has 0 unspecified atom stereocenters. The molecule has 3 heterocycles. The Hall–Kier alpha value is 0.500. The van der Waals surface area contributed by atoms with Crippen molar-refractivity contribution >= 4 is 23.5 Å². The molecule has 0 saturated carbocycles. The molecule has 3 rings (SSSR count). The lowest BCUT2D eigenvalue weighted by Gasteiger charge is -2.40. The van der Waals surface area contributed by atoms with Crippen molar-refractivity contribution in [2.24, 2.45) is 16.2 Å². The summed E-state index contributed by atoms with van der Waals surface area (Å²) in [5.74, 6) is 2.28. The minimum absolute atomic E-state index is 0.111. The predicted molar refractivity (Wildman–Crippen MR) is 111 cm³/mol. The summed E-state index contributed by atoms with van der Waals surface area (Å²) < 4.78 is 15.1. The summed E-state index contributed by atoms with van der Waals surface area (Å²) in [5.41, 5.74) is 0.804. The number of hydrogen-bond acceptors (Lipinski definition) is 7. The van der Waals surface area contributed by atoms with Crippen molar-refractivity contribution in [2.75, 3.05) is 76.9 Å². The van der Waals surface area contributed by atoms with E-state index in [2.05, 4.69) is 26.4 Å². The molecule has 0 aromatic rings. The van der Waals surface area contributed by atoms with E-state index in [-0.39, 0.29) is 24.0 Å². The van der Waals surface area contributed by atoms with E-state index in [0.717, 1.165) is 51.8 Å². The van der Waals surface area contributed by atoms with Crippen LogP contribution in [0.2, 0.25) is 0 Å². The topological polar surface area (TPSA) is 68.2 Å². The van der Waals surface area contributed by atoms with Gasteiger partial charge in [-0.25, -0.2) is 0 Å².